The van der Waals surface area contributed by atoms with Gasteiger partial charge in [-0.1, -0.05) is 40.9 Å². The van der Waals surface area contributed by atoms with Crippen LogP contribution in [0.4, 0.5) is 5.69 Å². The first kappa shape index (κ1) is 16.9. The number of likely N-dealkylation sites (N-methyl/N-ethyl adjacent to an activating group) is 1. The van der Waals surface area contributed by atoms with Gasteiger partial charge in [-0.15, -0.1) is 0 Å². The molecular formula is C20H20Cl2N2O. The molecule has 0 aliphatic carbocycles. The van der Waals surface area contributed by atoms with Crippen LogP contribution in [0.5, 0.6) is 0 Å². The van der Waals surface area contributed by atoms with Crippen molar-refractivity contribution in [1.29, 1.82) is 0 Å². The average molecular weight is 375 g/mol. The van der Waals surface area contributed by atoms with E-state index in [9.17, 15) is 4.79 Å². The number of halogens is 2. The van der Waals surface area contributed by atoms with Gasteiger partial charge in [0.1, 0.15) is 0 Å². The maximum atomic E-state index is 13.3. The van der Waals surface area contributed by atoms with Gasteiger partial charge in [-0.25, -0.2) is 0 Å². The Balaban J connectivity index is 1.80. The summed E-state index contributed by atoms with van der Waals surface area (Å²) in [5, 5.41) is 0.943. The van der Waals surface area contributed by atoms with Gasteiger partial charge in [0.2, 0.25) is 0 Å². The number of rotatable bonds is 1. The molecule has 4 rings (SSSR count). The number of carbonyl (C=O) groups is 1. The predicted octanol–water partition coefficient (Wildman–Crippen LogP) is 4.75. The van der Waals surface area contributed by atoms with Crippen molar-refractivity contribution in [1.82, 2.24) is 4.90 Å². The molecule has 0 unspecified atom stereocenters. The summed E-state index contributed by atoms with van der Waals surface area (Å²) in [6.45, 7) is 4.06. The third-order valence-corrected chi connectivity index (χ3v) is 5.88. The summed E-state index contributed by atoms with van der Waals surface area (Å²) < 4.78 is 0. The first-order chi connectivity index (χ1) is 12.0. The monoisotopic (exact) mass is 374 g/mol. The zero-order valence-electron chi connectivity index (χ0n) is 14.3. The van der Waals surface area contributed by atoms with Crippen molar-refractivity contribution in [3.8, 4) is 0 Å². The van der Waals surface area contributed by atoms with E-state index in [2.05, 4.69) is 37.1 Å². The second-order valence-electron chi connectivity index (χ2n) is 7.09. The Bertz CT molecular complexity index is 852. The molecule has 2 heterocycles. The topological polar surface area (TPSA) is 23.6 Å². The second kappa shape index (κ2) is 6.31. The van der Waals surface area contributed by atoms with Crippen molar-refractivity contribution >= 4 is 34.8 Å². The molecule has 1 saturated heterocycles. The smallest absolute Gasteiger partial charge is 0.260 e. The molecular weight excluding hydrogens is 355 g/mol. The fraction of sp³-hybridized carbons (Fsp3) is 0.350. The molecule has 130 valence electrons. The fourth-order valence-electron chi connectivity index (χ4n) is 4.14. The third-order valence-electron chi connectivity index (χ3n) is 5.33. The highest BCUT2D eigenvalue weighted by atomic mass is 35.5. The maximum absolute atomic E-state index is 13.3. The molecule has 2 aliphatic rings. The zero-order valence-corrected chi connectivity index (χ0v) is 15.8. The standard InChI is InChI=1S/C20H20Cl2N2O/c1-12-3-6-18-15(9-12)16-11-23(2)8-7-19(16)24(18)20(25)14-5-4-13(21)10-17(14)22/h3-6,9-10,16,19H,7-8,11H2,1-2H3/t16-,19-/m0/s1. The molecule has 2 aliphatic heterocycles. The number of aryl methyl sites for hydroxylation is 1. The number of hydrogen-bond acceptors (Lipinski definition) is 2. The van der Waals surface area contributed by atoms with Gasteiger partial charge in [-0.05, 0) is 56.8 Å². The molecule has 2 atom stereocenters. The quantitative estimate of drug-likeness (QED) is 0.718. The van der Waals surface area contributed by atoms with Crippen LogP contribution in [0.25, 0.3) is 0 Å². The Hall–Kier alpha value is -1.55. The second-order valence-corrected chi connectivity index (χ2v) is 7.93. The van der Waals surface area contributed by atoms with Gasteiger partial charge in [-0.3, -0.25) is 4.79 Å². The number of nitrogens with zero attached hydrogens (tertiary/aromatic N) is 2. The summed E-state index contributed by atoms with van der Waals surface area (Å²) in [5.74, 6) is 0.312. The van der Waals surface area contributed by atoms with Gasteiger partial charge in [0, 0.05) is 29.2 Å². The lowest BCUT2D eigenvalue weighted by atomic mass is 9.88. The lowest BCUT2D eigenvalue weighted by Gasteiger charge is -2.36. The minimum Gasteiger partial charge on any atom is -0.306 e. The highest BCUT2D eigenvalue weighted by molar-refractivity contribution is 6.37. The Morgan fingerprint density at radius 1 is 1.16 bits per heavy atom. The van der Waals surface area contributed by atoms with Crippen LogP contribution >= 0.6 is 23.2 Å². The fourth-order valence-corrected chi connectivity index (χ4v) is 4.63. The van der Waals surface area contributed by atoms with Crippen LogP contribution in [0, 0.1) is 6.92 Å². The molecule has 5 heteroatoms. The van der Waals surface area contributed by atoms with Crippen molar-refractivity contribution in [3.05, 3.63) is 63.1 Å². The summed E-state index contributed by atoms with van der Waals surface area (Å²) in [7, 11) is 2.15. The first-order valence-corrected chi connectivity index (χ1v) is 9.29. The largest absolute Gasteiger partial charge is 0.306 e. The molecule has 3 nitrogen and oxygen atoms in total. The number of amides is 1. The zero-order chi connectivity index (χ0) is 17.7. The minimum absolute atomic E-state index is 0.0381. The summed E-state index contributed by atoms with van der Waals surface area (Å²) in [6.07, 6.45) is 0.964. The molecule has 2 aromatic rings. The van der Waals surface area contributed by atoms with E-state index in [4.69, 9.17) is 23.2 Å². The Labute approximate surface area is 158 Å². The van der Waals surface area contributed by atoms with E-state index >= 15 is 0 Å². The Morgan fingerprint density at radius 3 is 2.72 bits per heavy atom. The normalized spacial score (nSPS) is 22.6. The van der Waals surface area contributed by atoms with Crippen LogP contribution in [-0.4, -0.2) is 37.0 Å². The lowest BCUT2D eigenvalue weighted by molar-refractivity contribution is 0.0965. The van der Waals surface area contributed by atoms with E-state index in [1.165, 1.54) is 11.1 Å². The van der Waals surface area contributed by atoms with Crippen LogP contribution in [0.2, 0.25) is 10.0 Å². The van der Waals surface area contributed by atoms with Crippen LogP contribution < -0.4 is 4.90 Å². The molecule has 2 aromatic carbocycles. The molecule has 25 heavy (non-hydrogen) atoms. The first-order valence-electron chi connectivity index (χ1n) is 8.53. The van der Waals surface area contributed by atoms with E-state index in [1.54, 1.807) is 18.2 Å². The summed E-state index contributed by atoms with van der Waals surface area (Å²) in [5.41, 5.74) is 4.03. The summed E-state index contributed by atoms with van der Waals surface area (Å²) >= 11 is 12.3. The molecule has 0 radical (unpaired) electrons. The molecule has 0 bridgehead atoms. The van der Waals surface area contributed by atoms with E-state index in [1.807, 2.05) is 4.90 Å². The van der Waals surface area contributed by atoms with Crippen molar-refractivity contribution in [2.24, 2.45) is 0 Å². The number of hydrogen-bond donors (Lipinski definition) is 0. The van der Waals surface area contributed by atoms with Crippen molar-refractivity contribution < 1.29 is 4.79 Å². The van der Waals surface area contributed by atoms with Gasteiger partial charge in [0.25, 0.3) is 5.91 Å². The van der Waals surface area contributed by atoms with Crippen molar-refractivity contribution in [3.63, 3.8) is 0 Å². The number of carbonyl (C=O) groups excluding carboxylic acids is 1. The molecule has 1 amide bonds. The number of piperidine rings is 1. The molecule has 0 saturated carbocycles. The minimum atomic E-state index is -0.0381. The summed E-state index contributed by atoms with van der Waals surface area (Å²) in [6, 6.07) is 11.6. The average Bonchev–Trinajstić information content (AvgIpc) is 2.87. The Morgan fingerprint density at radius 2 is 1.96 bits per heavy atom. The van der Waals surface area contributed by atoms with E-state index in [-0.39, 0.29) is 11.9 Å². The Kier molecular flexibility index (Phi) is 4.27. The van der Waals surface area contributed by atoms with Crippen LogP contribution in [-0.2, 0) is 0 Å². The molecule has 0 N–H and O–H groups in total. The van der Waals surface area contributed by atoms with Crippen molar-refractivity contribution in [2.45, 2.75) is 25.3 Å². The number of likely N-dealkylation sites (tertiary alicyclic amines) is 1. The third kappa shape index (κ3) is 2.84. The number of fused-ring (bicyclic) bond motifs is 3. The van der Waals surface area contributed by atoms with Crippen LogP contribution in [0.1, 0.15) is 33.8 Å². The maximum Gasteiger partial charge on any atom is 0.260 e. The van der Waals surface area contributed by atoms with Gasteiger partial charge in [0.15, 0.2) is 0 Å². The highest BCUT2D eigenvalue weighted by Crippen LogP contribution is 2.45. The number of benzene rings is 2. The van der Waals surface area contributed by atoms with E-state index in [0.29, 0.717) is 21.5 Å². The van der Waals surface area contributed by atoms with Gasteiger partial charge in [-0.2, -0.15) is 0 Å². The van der Waals surface area contributed by atoms with Gasteiger partial charge >= 0.3 is 0 Å². The predicted molar refractivity (Wildman–Crippen MR) is 103 cm³/mol. The van der Waals surface area contributed by atoms with Crippen LogP contribution in [0.15, 0.2) is 36.4 Å². The number of anilines is 1. The SMILES string of the molecule is Cc1ccc2c(c1)[C@@H]1CN(C)CC[C@@H]1N2C(=O)c1ccc(Cl)cc1Cl. The van der Waals surface area contributed by atoms with Gasteiger partial charge in [0.05, 0.1) is 10.6 Å². The van der Waals surface area contributed by atoms with Gasteiger partial charge < -0.3 is 9.80 Å². The molecule has 0 aromatic heterocycles. The van der Waals surface area contributed by atoms with Crippen molar-refractivity contribution in [2.75, 3.05) is 25.0 Å². The molecule has 1 fully saturated rings. The van der Waals surface area contributed by atoms with E-state index < -0.39 is 0 Å². The van der Waals surface area contributed by atoms with E-state index in [0.717, 1.165) is 25.2 Å². The summed E-state index contributed by atoms with van der Waals surface area (Å²) in [4.78, 5) is 17.7. The highest BCUT2D eigenvalue weighted by Gasteiger charge is 2.44. The lowest BCUT2D eigenvalue weighted by Crippen LogP contribution is -2.47. The van der Waals surface area contributed by atoms with Crippen LogP contribution in [0.3, 0.4) is 0 Å². The molecule has 0 spiro atoms.